The molecule has 1 heterocycles. The Morgan fingerprint density at radius 1 is 0.467 bits per heavy atom. The molecule has 23 heteroatoms. The summed E-state index contributed by atoms with van der Waals surface area (Å²) in [6.07, 6.45) is 23.7. The molecule has 1 saturated heterocycles. The Kier molecular flexibility index (Phi) is 38.6. The van der Waals surface area contributed by atoms with E-state index >= 15 is 0 Å². The van der Waals surface area contributed by atoms with Crippen LogP contribution in [-0.2, 0) is 28.4 Å². The van der Waals surface area contributed by atoms with Crippen molar-refractivity contribution in [2.75, 3.05) is 39.5 Å². The minimum absolute atomic E-state index is 0.0268. The van der Waals surface area contributed by atoms with Crippen molar-refractivity contribution in [1.29, 1.82) is 0 Å². The molecule has 5 aliphatic rings. The molecule has 0 aromatic rings. The maximum Gasteiger partial charge on any atom is 0.407 e. The van der Waals surface area contributed by atoms with Crippen molar-refractivity contribution >= 4 is 46.6 Å². The molecule has 0 spiro atoms. The van der Waals surface area contributed by atoms with Gasteiger partial charge in [0.2, 0.25) is 0 Å². The van der Waals surface area contributed by atoms with Crippen LogP contribution in [0, 0.1) is 23.7 Å². The van der Waals surface area contributed by atoms with Crippen LogP contribution >= 0.6 is 0 Å². The van der Waals surface area contributed by atoms with Crippen molar-refractivity contribution in [2.24, 2.45) is 35.1 Å². The van der Waals surface area contributed by atoms with Gasteiger partial charge < -0.3 is 81.8 Å². The molecule has 12 N–H and O–H groups in total. The second-order valence-electron chi connectivity index (χ2n) is 31.8. The van der Waals surface area contributed by atoms with Gasteiger partial charge in [0.15, 0.2) is 0 Å². The normalized spacial score (nSPS) is 20.5. The van der Waals surface area contributed by atoms with E-state index in [-0.39, 0.29) is 50.0 Å². The summed E-state index contributed by atoms with van der Waals surface area (Å²) in [4.78, 5) is 59.4. The molecule has 5 rings (SSSR count). The predicted molar refractivity (Wildman–Crippen MR) is 364 cm³/mol. The standard InChI is InChI=1S/C21H42N2O5Si.C16H34N2O3Si.C15H30N2O3.C15H27NO3/c1-21(2,3)28-20(26)23-17(14-16-10-8-7-9-11-16)18(24)15-22-19(25)27-12-13-29(4,5)6;1-22(2,3)10-9-21-16(20)18-12-15(19)14(17)11-13-7-5-4-6-8-13;1-15(2,3)20-14(19)17-12(13(18)10-16)9-11-7-5-4-6-8-11;1-15(2,3)19-14(17)16-12(13-10-18-13)9-11-7-5-4-6-8-11/h16-18,24H,7-15H2,1-6H3,(H,22,25)(H,23,26);13-15,19H,4-12,17H2,1-3H3,(H,18,20);11-13,18H,4-10,16H2,1-3H3,(H,17,19);11-13H,4-10H2,1-3H3,(H,16,17)/t17-,18-;14-,15-;2*12-,13-/m0000/s1. The first-order valence-corrected chi connectivity index (χ1v) is 42.2. The Bertz CT molecular complexity index is 1990. The Morgan fingerprint density at radius 2 is 0.778 bits per heavy atom. The lowest BCUT2D eigenvalue weighted by Gasteiger charge is -2.31. The van der Waals surface area contributed by atoms with Gasteiger partial charge in [-0.25, -0.2) is 24.0 Å². The molecular weight excluding hydrogens is 1180 g/mol. The number of alkyl carbamates (subject to hydrolysis) is 5. The van der Waals surface area contributed by atoms with Crippen LogP contribution in [0.1, 0.15) is 216 Å². The fourth-order valence-corrected chi connectivity index (χ4v) is 13.2. The van der Waals surface area contributed by atoms with E-state index in [0.717, 1.165) is 56.7 Å². The highest BCUT2D eigenvalue weighted by Crippen LogP contribution is 2.32. The number of epoxide rings is 1. The summed E-state index contributed by atoms with van der Waals surface area (Å²) in [6.45, 7) is 31.8. The third-order valence-electron chi connectivity index (χ3n) is 16.9. The summed E-state index contributed by atoms with van der Waals surface area (Å²) < 4.78 is 31.6. The lowest BCUT2D eigenvalue weighted by molar-refractivity contribution is 0.0386. The van der Waals surface area contributed by atoms with Crippen LogP contribution in [0.4, 0.5) is 24.0 Å². The fraction of sp³-hybridized carbons (Fsp3) is 0.925. The molecule has 21 nitrogen and oxygen atoms in total. The number of carbonyl (C=O) groups is 5. The molecule has 4 aliphatic carbocycles. The van der Waals surface area contributed by atoms with Gasteiger partial charge in [0, 0.05) is 41.8 Å². The first kappa shape index (κ1) is 82.6. The highest BCUT2D eigenvalue weighted by atomic mass is 28.3. The molecule has 0 unspecified atom stereocenters. The average molecular weight is 1320 g/mol. The van der Waals surface area contributed by atoms with E-state index in [1.54, 1.807) is 20.8 Å². The van der Waals surface area contributed by atoms with Crippen molar-refractivity contribution in [1.82, 2.24) is 26.6 Å². The van der Waals surface area contributed by atoms with Gasteiger partial charge in [0.25, 0.3) is 0 Å². The van der Waals surface area contributed by atoms with Crippen molar-refractivity contribution in [3.8, 4) is 0 Å². The minimum atomic E-state index is -1.27. The summed E-state index contributed by atoms with van der Waals surface area (Å²) in [7, 11) is -2.45. The molecule has 90 heavy (non-hydrogen) atoms. The van der Waals surface area contributed by atoms with Crippen LogP contribution < -0.4 is 38.1 Å². The number of hydrogen-bond donors (Lipinski definition) is 10. The molecule has 0 radical (unpaired) electrons. The number of hydrogen-bond acceptors (Lipinski definition) is 16. The molecule has 5 fully saturated rings. The average Bonchev–Trinajstić information content (AvgIpc) is 4.43. The van der Waals surface area contributed by atoms with E-state index in [9.17, 15) is 39.3 Å². The van der Waals surface area contributed by atoms with Gasteiger partial charge in [0.1, 0.15) is 22.9 Å². The number of aliphatic hydroxyl groups excluding tert-OH is 3. The summed E-state index contributed by atoms with van der Waals surface area (Å²) >= 11 is 0. The van der Waals surface area contributed by atoms with E-state index in [0.29, 0.717) is 37.4 Å². The predicted octanol–water partition coefficient (Wildman–Crippen LogP) is 12.4. The second-order valence-corrected chi connectivity index (χ2v) is 43.1. The van der Waals surface area contributed by atoms with Crippen LogP contribution in [0.5, 0.6) is 0 Å². The summed E-state index contributed by atoms with van der Waals surface area (Å²) in [5.74, 6) is 2.38. The van der Waals surface area contributed by atoms with Gasteiger partial charge in [0.05, 0.1) is 56.3 Å². The first-order chi connectivity index (χ1) is 41.9. The van der Waals surface area contributed by atoms with E-state index in [4.69, 9.17) is 39.9 Å². The van der Waals surface area contributed by atoms with E-state index in [2.05, 4.69) is 65.9 Å². The molecule has 0 aromatic carbocycles. The van der Waals surface area contributed by atoms with Gasteiger partial charge in [-0.05, 0) is 124 Å². The minimum Gasteiger partial charge on any atom is -0.450 e. The lowest BCUT2D eigenvalue weighted by Crippen LogP contribution is -2.50. The molecule has 4 saturated carbocycles. The lowest BCUT2D eigenvalue weighted by atomic mass is 9.83. The topological polar surface area (TPSA) is 317 Å². The summed E-state index contributed by atoms with van der Waals surface area (Å²) in [5.41, 5.74) is 10.0. The highest BCUT2D eigenvalue weighted by Gasteiger charge is 2.37. The molecular formula is C67H133N7O14Si2. The van der Waals surface area contributed by atoms with Crippen molar-refractivity contribution in [3.63, 3.8) is 0 Å². The fourth-order valence-electron chi connectivity index (χ4n) is 11.7. The van der Waals surface area contributed by atoms with E-state index in [1.165, 1.54) is 116 Å². The maximum atomic E-state index is 12.2. The second kappa shape index (κ2) is 42.1. The van der Waals surface area contributed by atoms with Crippen molar-refractivity contribution < 1.29 is 67.7 Å². The Morgan fingerprint density at radius 3 is 1.10 bits per heavy atom. The summed E-state index contributed by atoms with van der Waals surface area (Å²) in [6, 6.07) is 0.897. The Labute approximate surface area is 546 Å². The molecule has 0 aromatic heterocycles. The third kappa shape index (κ3) is 43.4. The van der Waals surface area contributed by atoms with Crippen LogP contribution in [0.2, 0.25) is 51.4 Å². The molecule has 8 atom stereocenters. The number of nitrogens with one attached hydrogen (secondary N) is 5. The monoisotopic (exact) mass is 1320 g/mol. The Balaban J connectivity index is 0.000000414. The van der Waals surface area contributed by atoms with Gasteiger partial charge in [-0.2, -0.15) is 0 Å². The zero-order valence-electron chi connectivity index (χ0n) is 59.0. The number of aliphatic hydroxyl groups is 3. The van der Waals surface area contributed by atoms with E-state index < -0.39 is 81.7 Å². The molecule has 1 aliphatic heterocycles. The molecule has 5 amide bonds. The van der Waals surface area contributed by atoms with E-state index in [1.807, 2.05) is 41.5 Å². The SMILES string of the molecule is CC(C)(C)OC(=O)N[C@@H](CC1CCCCC1)[C@@H](O)CN.CC(C)(C)OC(=O)N[C@@H](CC1CCCCC1)[C@@H](O)CNC(=O)OCC[Si](C)(C)C.CC(C)(C)OC(=O)N[C@@H](CC1CCCCC1)[C@@H]1CO1.C[Si](C)(C)CCOC(=O)NC[C@H](O)[C@@H](N)CC1CCCCC1. The van der Waals surface area contributed by atoms with Crippen LogP contribution in [-0.4, -0.2) is 167 Å². The number of rotatable bonds is 26. The van der Waals surface area contributed by atoms with Gasteiger partial charge in [-0.15, -0.1) is 0 Å². The smallest absolute Gasteiger partial charge is 0.407 e. The van der Waals surface area contributed by atoms with Crippen LogP contribution in [0.25, 0.3) is 0 Å². The number of carbonyl (C=O) groups excluding carboxylic acids is 5. The largest absolute Gasteiger partial charge is 0.450 e. The summed E-state index contributed by atoms with van der Waals surface area (Å²) in [5, 5.41) is 44.5. The van der Waals surface area contributed by atoms with Crippen molar-refractivity contribution in [3.05, 3.63) is 0 Å². The zero-order valence-corrected chi connectivity index (χ0v) is 61.0. The third-order valence-corrected chi connectivity index (χ3v) is 20.3. The maximum absolute atomic E-state index is 12.2. The van der Waals surface area contributed by atoms with Gasteiger partial charge in [-0.1, -0.05) is 168 Å². The van der Waals surface area contributed by atoms with Gasteiger partial charge >= 0.3 is 30.5 Å². The number of ether oxygens (including phenoxy) is 6. The Hall–Kier alpha value is -3.46. The zero-order chi connectivity index (χ0) is 67.7. The van der Waals surface area contributed by atoms with Crippen LogP contribution in [0.15, 0.2) is 0 Å². The first-order valence-electron chi connectivity index (χ1n) is 34.8. The molecule has 528 valence electrons. The quantitative estimate of drug-likeness (QED) is 0.0219. The van der Waals surface area contributed by atoms with Gasteiger partial charge in [-0.3, -0.25) is 0 Å². The number of nitrogens with two attached hydrogens (primary N) is 2. The molecule has 0 bridgehead atoms. The van der Waals surface area contributed by atoms with Crippen molar-refractivity contribution in [2.45, 2.75) is 333 Å². The highest BCUT2D eigenvalue weighted by molar-refractivity contribution is 6.76. The number of amides is 5. The van der Waals surface area contributed by atoms with Crippen LogP contribution in [0.3, 0.4) is 0 Å².